The minimum atomic E-state index is -0.794. The highest BCUT2D eigenvalue weighted by Gasteiger charge is 2.46. The Morgan fingerprint density at radius 3 is 2.77 bits per heavy atom. The zero-order valence-electron chi connectivity index (χ0n) is 18.2. The summed E-state index contributed by atoms with van der Waals surface area (Å²) in [5.41, 5.74) is 1.08. The molecule has 1 saturated carbocycles. The lowest BCUT2D eigenvalue weighted by Crippen LogP contribution is -3.20. The predicted molar refractivity (Wildman–Crippen MR) is 116 cm³/mol. The molecular formula is C24H34N5O2+. The van der Waals surface area contributed by atoms with Crippen molar-refractivity contribution in [1.82, 2.24) is 20.3 Å². The van der Waals surface area contributed by atoms with Gasteiger partial charge in [-0.15, -0.1) is 5.10 Å². The van der Waals surface area contributed by atoms with Crippen LogP contribution in [-0.2, 0) is 23.5 Å². The van der Waals surface area contributed by atoms with Gasteiger partial charge >= 0.3 is 0 Å². The van der Waals surface area contributed by atoms with Crippen molar-refractivity contribution >= 4 is 5.91 Å². The summed E-state index contributed by atoms with van der Waals surface area (Å²) in [7, 11) is 0. The summed E-state index contributed by atoms with van der Waals surface area (Å²) >= 11 is 0. The molecule has 4 fully saturated rings. The van der Waals surface area contributed by atoms with Crippen LogP contribution in [0.5, 0.6) is 0 Å². The van der Waals surface area contributed by atoms with Gasteiger partial charge in [0.15, 0.2) is 0 Å². The molecule has 0 radical (unpaired) electrons. The first-order valence-corrected chi connectivity index (χ1v) is 11.9. The standard InChI is InChI=1S/C24H33N5O2/c30-23(25-14-18-7-3-1-4-8-18)21-16-28-12-9-19(21)13-20(28)15-29-17-22(26-27-29)24(31)10-5-2-6-11-24/h1,3-4,7-8,17,19-21,31H,2,5-6,9-16H2,(H,25,30)/p+1/t19-,20-,21+/m1/s1. The van der Waals surface area contributed by atoms with E-state index < -0.39 is 5.60 Å². The van der Waals surface area contributed by atoms with E-state index in [2.05, 4.69) is 15.6 Å². The number of hydrogen-bond acceptors (Lipinski definition) is 4. The number of quaternary nitrogens is 1. The van der Waals surface area contributed by atoms with Crippen molar-refractivity contribution in [2.45, 2.75) is 69.7 Å². The van der Waals surface area contributed by atoms with E-state index in [1.54, 1.807) is 0 Å². The van der Waals surface area contributed by atoms with E-state index in [9.17, 15) is 9.90 Å². The lowest BCUT2D eigenvalue weighted by molar-refractivity contribution is -0.945. The summed E-state index contributed by atoms with van der Waals surface area (Å²) in [5.74, 6) is 0.758. The van der Waals surface area contributed by atoms with Crippen LogP contribution in [0.15, 0.2) is 36.5 Å². The number of carbonyl (C=O) groups is 1. The third-order valence-corrected chi connectivity index (χ3v) is 7.80. The maximum Gasteiger partial charge on any atom is 0.229 e. The Morgan fingerprint density at radius 1 is 1.23 bits per heavy atom. The van der Waals surface area contributed by atoms with E-state index in [-0.39, 0.29) is 11.8 Å². The van der Waals surface area contributed by atoms with Crippen molar-refractivity contribution in [3.63, 3.8) is 0 Å². The Balaban J connectivity index is 1.17. The largest absolute Gasteiger partial charge is 0.383 e. The van der Waals surface area contributed by atoms with E-state index in [0.29, 0.717) is 18.5 Å². The van der Waals surface area contributed by atoms with Crippen LogP contribution < -0.4 is 10.2 Å². The molecule has 6 rings (SSSR count). The van der Waals surface area contributed by atoms with Crippen LogP contribution >= 0.6 is 0 Å². The highest BCUT2D eigenvalue weighted by atomic mass is 16.3. The molecule has 3 saturated heterocycles. The Labute approximate surface area is 183 Å². The zero-order valence-corrected chi connectivity index (χ0v) is 18.2. The molecule has 4 aliphatic rings. The van der Waals surface area contributed by atoms with Crippen LogP contribution in [0.1, 0.15) is 56.2 Å². The quantitative estimate of drug-likeness (QED) is 0.647. The smallest absolute Gasteiger partial charge is 0.229 e. The molecule has 7 nitrogen and oxygen atoms in total. The molecule has 0 spiro atoms. The zero-order chi connectivity index (χ0) is 21.3. The van der Waals surface area contributed by atoms with E-state index >= 15 is 0 Å². The maximum atomic E-state index is 12.9. The number of aromatic nitrogens is 3. The fraction of sp³-hybridized carbons (Fsp3) is 0.625. The molecule has 2 aromatic rings. The highest BCUT2D eigenvalue weighted by Crippen LogP contribution is 2.35. The third-order valence-electron chi connectivity index (χ3n) is 7.80. The molecule has 1 unspecified atom stereocenters. The molecule has 4 atom stereocenters. The summed E-state index contributed by atoms with van der Waals surface area (Å²) < 4.78 is 1.92. The minimum absolute atomic E-state index is 0.109. The van der Waals surface area contributed by atoms with Crippen LogP contribution in [0.3, 0.4) is 0 Å². The molecule has 1 aromatic carbocycles. The van der Waals surface area contributed by atoms with E-state index in [4.69, 9.17) is 0 Å². The van der Waals surface area contributed by atoms with Crippen LogP contribution in [0, 0.1) is 11.8 Å². The van der Waals surface area contributed by atoms with Crippen molar-refractivity contribution < 1.29 is 14.8 Å². The predicted octanol–water partition coefficient (Wildman–Crippen LogP) is 1.04. The van der Waals surface area contributed by atoms with Crippen LogP contribution in [0.2, 0.25) is 0 Å². The maximum absolute atomic E-state index is 12.9. The first-order valence-electron chi connectivity index (χ1n) is 11.9. The average Bonchev–Trinajstić information content (AvgIpc) is 3.29. The molecular weight excluding hydrogens is 390 g/mol. The number of carbonyl (C=O) groups excluding carboxylic acids is 1. The van der Waals surface area contributed by atoms with Gasteiger partial charge in [0.1, 0.15) is 17.3 Å². The Hall–Kier alpha value is -2.25. The second-order valence-electron chi connectivity index (χ2n) is 9.82. The average molecular weight is 425 g/mol. The highest BCUT2D eigenvalue weighted by molar-refractivity contribution is 5.79. The molecule has 4 heterocycles. The van der Waals surface area contributed by atoms with E-state index in [1.165, 1.54) is 11.3 Å². The molecule has 166 valence electrons. The summed E-state index contributed by atoms with van der Waals surface area (Å²) in [6.07, 6.45) is 9.01. The van der Waals surface area contributed by atoms with Gasteiger partial charge in [-0.25, -0.2) is 4.68 Å². The number of piperidine rings is 3. The van der Waals surface area contributed by atoms with Gasteiger partial charge in [0, 0.05) is 19.4 Å². The van der Waals surface area contributed by atoms with Crippen LogP contribution in [0.25, 0.3) is 0 Å². The number of nitrogens with one attached hydrogen (secondary N) is 2. The monoisotopic (exact) mass is 424 g/mol. The van der Waals surface area contributed by atoms with Crippen molar-refractivity contribution in [1.29, 1.82) is 0 Å². The molecule has 3 aliphatic heterocycles. The normalized spacial score (nSPS) is 29.6. The van der Waals surface area contributed by atoms with Gasteiger partial charge in [0.25, 0.3) is 0 Å². The summed E-state index contributed by atoms with van der Waals surface area (Å²) in [6, 6.07) is 10.6. The Bertz CT molecular complexity index is 892. The number of hydrogen-bond donors (Lipinski definition) is 3. The second kappa shape index (κ2) is 8.71. The van der Waals surface area contributed by atoms with Gasteiger partial charge in [-0.1, -0.05) is 54.8 Å². The molecule has 3 N–H and O–H groups in total. The molecule has 31 heavy (non-hydrogen) atoms. The number of nitrogens with zero attached hydrogens (tertiary/aromatic N) is 3. The lowest BCUT2D eigenvalue weighted by Gasteiger charge is -2.46. The first kappa shape index (κ1) is 20.6. The minimum Gasteiger partial charge on any atom is -0.383 e. The van der Waals surface area contributed by atoms with Gasteiger partial charge in [-0.3, -0.25) is 4.79 Å². The number of fused-ring (bicyclic) bond motifs is 3. The summed E-state index contributed by atoms with van der Waals surface area (Å²) in [4.78, 5) is 14.4. The van der Waals surface area contributed by atoms with Crippen LogP contribution in [0.4, 0.5) is 0 Å². The van der Waals surface area contributed by atoms with Gasteiger partial charge in [-0.2, -0.15) is 0 Å². The van der Waals surface area contributed by atoms with Crippen LogP contribution in [-0.4, -0.2) is 45.1 Å². The molecule has 7 heteroatoms. The Morgan fingerprint density at radius 2 is 2.03 bits per heavy atom. The van der Waals surface area contributed by atoms with Crippen molar-refractivity contribution in [2.24, 2.45) is 11.8 Å². The number of amides is 1. The fourth-order valence-corrected chi connectivity index (χ4v) is 5.95. The van der Waals surface area contributed by atoms with E-state index in [1.807, 2.05) is 41.2 Å². The summed E-state index contributed by atoms with van der Waals surface area (Å²) in [5, 5.41) is 22.8. The summed E-state index contributed by atoms with van der Waals surface area (Å²) in [6.45, 7) is 3.45. The van der Waals surface area contributed by atoms with Gasteiger partial charge < -0.3 is 15.3 Å². The molecule has 2 bridgehead atoms. The number of benzene rings is 1. The van der Waals surface area contributed by atoms with Crippen molar-refractivity contribution in [3.05, 3.63) is 47.8 Å². The topological polar surface area (TPSA) is 84.5 Å². The molecule has 1 amide bonds. The number of aliphatic hydroxyl groups is 1. The number of rotatable bonds is 6. The Kier molecular flexibility index (Phi) is 5.80. The molecule has 1 aliphatic carbocycles. The van der Waals surface area contributed by atoms with Crippen molar-refractivity contribution in [2.75, 3.05) is 13.1 Å². The van der Waals surface area contributed by atoms with Crippen molar-refractivity contribution in [3.8, 4) is 0 Å². The molecule has 1 aromatic heterocycles. The third kappa shape index (κ3) is 4.39. The first-order chi connectivity index (χ1) is 15.1. The van der Waals surface area contributed by atoms with E-state index in [0.717, 1.165) is 69.4 Å². The van der Waals surface area contributed by atoms with Gasteiger partial charge in [0.05, 0.1) is 31.7 Å². The van der Waals surface area contributed by atoms with Gasteiger partial charge in [-0.05, 0) is 24.3 Å². The van der Waals surface area contributed by atoms with Gasteiger partial charge in [0.2, 0.25) is 5.91 Å². The second-order valence-corrected chi connectivity index (χ2v) is 9.82. The lowest BCUT2D eigenvalue weighted by atomic mass is 9.75. The SMILES string of the molecule is O=C(NCc1ccccc1)[C@H]1C[NH+]2CC[C@@H]1C[C@@H]2Cn1cc(C2(O)CCCCC2)nn1. The fourth-order valence-electron chi connectivity index (χ4n) is 5.95.